The second kappa shape index (κ2) is 7.43. The zero-order chi connectivity index (χ0) is 17.9. The first kappa shape index (κ1) is 17.0. The highest BCUT2D eigenvalue weighted by Gasteiger charge is 2.29. The van der Waals surface area contributed by atoms with E-state index >= 15 is 0 Å². The average Bonchev–Trinajstić information content (AvgIpc) is 3.37. The predicted molar refractivity (Wildman–Crippen MR) is 105 cm³/mol. The Bertz CT molecular complexity index is 873. The quantitative estimate of drug-likeness (QED) is 0.768. The van der Waals surface area contributed by atoms with Crippen molar-refractivity contribution in [3.63, 3.8) is 0 Å². The monoisotopic (exact) mass is 366 g/mol. The van der Waals surface area contributed by atoms with Gasteiger partial charge in [0, 0.05) is 19.1 Å². The highest BCUT2D eigenvalue weighted by molar-refractivity contribution is 7.13. The Balaban J connectivity index is 1.74. The summed E-state index contributed by atoms with van der Waals surface area (Å²) in [6, 6.07) is 16.0. The number of carbonyl (C=O) groups excluding carboxylic acids is 1. The third-order valence-electron chi connectivity index (χ3n) is 4.86. The lowest BCUT2D eigenvalue weighted by Crippen LogP contribution is -2.47. The second-order valence-corrected chi connectivity index (χ2v) is 7.47. The van der Waals surface area contributed by atoms with Crippen LogP contribution in [0.25, 0.3) is 16.3 Å². The van der Waals surface area contributed by atoms with E-state index in [-0.39, 0.29) is 11.9 Å². The number of likely N-dealkylation sites (tertiary alicyclic amines) is 1. The van der Waals surface area contributed by atoms with Crippen molar-refractivity contribution in [3.8, 4) is 16.3 Å². The molecule has 1 aliphatic rings. The van der Waals surface area contributed by atoms with Gasteiger partial charge in [-0.25, -0.2) is 4.68 Å². The van der Waals surface area contributed by atoms with Gasteiger partial charge in [-0.15, -0.1) is 11.3 Å². The summed E-state index contributed by atoms with van der Waals surface area (Å²) in [5.41, 5.74) is 8.27. The normalized spacial score (nSPS) is 17.4. The largest absolute Gasteiger partial charge is 0.333 e. The fraction of sp³-hybridized carbons (Fsp3) is 0.300. The molecule has 4 rings (SSSR count). The van der Waals surface area contributed by atoms with Crippen LogP contribution in [0.1, 0.15) is 29.8 Å². The number of rotatable bonds is 4. The van der Waals surface area contributed by atoms with Crippen LogP contribution in [0.3, 0.4) is 0 Å². The van der Waals surface area contributed by atoms with E-state index in [1.165, 1.54) is 0 Å². The van der Waals surface area contributed by atoms with Crippen molar-refractivity contribution in [2.45, 2.75) is 25.3 Å². The standard InChI is InChI=1S/C20H22N4OS/c21-14-16-9-4-5-11-23(16)20(25)17-13-18(19-10-6-12-26-19)24(22-17)15-7-2-1-3-8-15/h1-3,6-8,10,12-13,16H,4-5,9,11,14,21H2. The number of benzene rings is 1. The number of amides is 1. The number of thiophene rings is 1. The molecule has 1 amide bonds. The number of para-hydroxylation sites is 1. The highest BCUT2D eigenvalue weighted by atomic mass is 32.1. The molecule has 3 aromatic rings. The van der Waals surface area contributed by atoms with E-state index < -0.39 is 0 Å². The number of carbonyl (C=O) groups is 1. The maximum atomic E-state index is 13.1. The number of nitrogens with two attached hydrogens (primary N) is 1. The summed E-state index contributed by atoms with van der Waals surface area (Å²) in [6.45, 7) is 1.26. The van der Waals surface area contributed by atoms with Crippen LogP contribution in [0.5, 0.6) is 0 Å². The minimum atomic E-state index is -0.0207. The smallest absolute Gasteiger partial charge is 0.274 e. The summed E-state index contributed by atoms with van der Waals surface area (Å²) in [6.07, 6.45) is 3.13. The zero-order valence-corrected chi connectivity index (χ0v) is 15.4. The first-order valence-corrected chi connectivity index (χ1v) is 9.86. The Morgan fingerprint density at radius 2 is 2.04 bits per heavy atom. The Morgan fingerprint density at radius 3 is 2.77 bits per heavy atom. The van der Waals surface area contributed by atoms with Crippen LogP contribution in [0.15, 0.2) is 53.9 Å². The molecular formula is C20H22N4OS. The molecule has 0 radical (unpaired) electrons. The summed E-state index contributed by atoms with van der Waals surface area (Å²) in [7, 11) is 0. The van der Waals surface area contributed by atoms with Crippen LogP contribution < -0.4 is 5.73 Å². The van der Waals surface area contributed by atoms with Gasteiger partial charge in [-0.05, 0) is 48.9 Å². The van der Waals surface area contributed by atoms with E-state index in [1.54, 1.807) is 11.3 Å². The molecule has 1 unspecified atom stereocenters. The molecule has 0 aliphatic carbocycles. The summed E-state index contributed by atoms with van der Waals surface area (Å²) in [5, 5.41) is 6.71. The number of hydrogen-bond donors (Lipinski definition) is 1. The van der Waals surface area contributed by atoms with Crippen LogP contribution in [0.4, 0.5) is 0 Å². The van der Waals surface area contributed by atoms with Crippen molar-refractivity contribution >= 4 is 17.2 Å². The van der Waals surface area contributed by atoms with Gasteiger partial charge >= 0.3 is 0 Å². The van der Waals surface area contributed by atoms with E-state index in [1.807, 2.05) is 57.4 Å². The molecule has 2 N–H and O–H groups in total. The van der Waals surface area contributed by atoms with Gasteiger partial charge in [0.15, 0.2) is 5.69 Å². The van der Waals surface area contributed by atoms with Crippen molar-refractivity contribution < 1.29 is 4.79 Å². The number of hydrogen-bond acceptors (Lipinski definition) is 4. The number of aromatic nitrogens is 2. The van der Waals surface area contributed by atoms with Crippen LogP contribution in [0.2, 0.25) is 0 Å². The molecule has 0 bridgehead atoms. The lowest BCUT2D eigenvalue weighted by Gasteiger charge is -2.34. The van der Waals surface area contributed by atoms with Crippen molar-refractivity contribution in [3.05, 3.63) is 59.6 Å². The number of nitrogens with zero attached hydrogens (tertiary/aromatic N) is 3. The van der Waals surface area contributed by atoms with Gasteiger partial charge in [-0.1, -0.05) is 24.3 Å². The molecule has 134 valence electrons. The molecule has 1 aromatic carbocycles. The zero-order valence-electron chi connectivity index (χ0n) is 14.5. The van der Waals surface area contributed by atoms with Crippen LogP contribution >= 0.6 is 11.3 Å². The molecule has 0 saturated carbocycles. The minimum Gasteiger partial charge on any atom is -0.333 e. The van der Waals surface area contributed by atoms with Gasteiger partial charge in [0.2, 0.25) is 0 Å². The molecule has 3 heterocycles. The van der Waals surface area contributed by atoms with Crippen LogP contribution in [0, 0.1) is 0 Å². The Hall–Kier alpha value is -2.44. The van der Waals surface area contributed by atoms with Gasteiger partial charge in [0.25, 0.3) is 5.91 Å². The maximum Gasteiger partial charge on any atom is 0.274 e. The predicted octanol–water partition coefficient (Wildman–Crippen LogP) is 3.55. The minimum absolute atomic E-state index is 0.0207. The molecule has 6 heteroatoms. The van der Waals surface area contributed by atoms with Gasteiger partial charge in [-0.2, -0.15) is 5.10 Å². The topological polar surface area (TPSA) is 64.2 Å². The van der Waals surface area contributed by atoms with Crippen molar-refractivity contribution in [2.75, 3.05) is 13.1 Å². The molecule has 0 spiro atoms. The third kappa shape index (κ3) is 3.18. The Labute approximate surface area is 157 Å². The van der Waals surface area contributed by atoms with Crippen LogP contribution in [-0.4, -0.2) is 39.7 Å². The average molecular weight is 366 g/mol. The molecule has 1 saturated heterocycles. The van der Waals surface area contributed by atoms with E-state index in [0.717, 1.165) is 42.1 Å². The molecule has 1 atom stereocenters. The van der Waals surface area contributed by atoms with Gasteiger partial charge in [0.05, 0.1) is 16.3 Å². The fourth-order valence-electron chi connectivity index (χ4n) is 3.51. The lowest BCUT2D eigenvalue weighted by atomic mass is 10.0. The van der Waals surface area contributed by atoms with E-state index in [2.05, 4.69) is 11.2 Å². The Morgan fingerprint density at radius 1 is 1.19 bits per heavy atom. The Kier molecular flexibility index (Phi) is 4.86. The second-order valence-electron chi connectivity index (χ2n) is 6.52. The SMILES string of the molecule is NCC1CCCCN1C(=O)c1cc(-c2cccs2)n(-c2ccccc2)n1. The molecule has 5 nitrogen and oxygen atoms in total. The summed E-state index contributed by atoms with van der Waals surface area (Å²) >= 11 is 1.64. The van der Waals surface area contributed by atoms with Crippen molar-refractivity contribution in [1.29, 1.82) is 0 Å². The number of piperidine rings is 1. The summed E-state index contributed by atoms with van der Waals surface area (Å²) in [4.78, 5) is 16.1. The summed E-state index contributed by atoms with van der Waals surface area (Å²) < 4.78 is 1.86. The van der Waals surface area contributed by atoms with Gasteiger partial charge in [-0.3, -0.25) is 4.79 Å². The summed E-state index contributed by atoms with van der Waals surface area (Å²) in [5.74, 6) is -0.0207. The van der Waals surface area contributed by atoms with Gasteiger partial charge < -0.3 is 10.6 Å². The molecule has 26 heavy (non-hydrogen) atoms. The first-order valence-electron chi connectivity index (χ1n) is 8.98. The first-order chi connectivity index (χ1) is 12.8. The molecule has 2 aromatic heterocycles. The molecule has 1 fully saturated rings. The fourth-order valence-corrected chi connectivity index (χ4v) is 4.24. The van der Waals surface area contributed by atoms with E-state index in [9.17, 15) is 4.79 Å². The van der Waals surface area contributed by atoms with Gasteiger partial charge in [0.1, 0.15) is 0 Å². The van der Waals surface area contributed by atoms with E-state index in [0.29, 0.717) is 12.2 Å². The van der Waals surface area contributed by atoms with Crippen LogP contribution in [-0.2, 0) is 0 Å². The lowest BCUT2D eigenvalue weighted by molar-refractivity contribution is 0.0617. The highest BCUT2D eigenvalue weighted by Crippen LogP contribution is 2.29. The van der Waals surface area contributed by atoms with E-state index in [4.69, 9.17) is 5.73 Å². The third-order valence-corrected chi connectivity index (χ3v) is 5.76. The molecular weight excluding hydrogens is 344 g/mol. The maximum absolute atomic E-state index is 13.1. The molecule has 1 aliphatic heterocycles. The van der Waals surface area contributed by atoms with Crippen molar-refractivity contribution in [1.82, 2.24) is 14.7 Å². The van der Waals surface area contributed by atoms with Crippen molar-refractivity contribution in [2.24, 2.45) is 5.73 Å².